The second-order valence-electron chi connectivity index (χ2n) is 7.34. The molecule has 1 unspecified atom stereocenters. The van der Waals surface area contributed by atoms with Gasteiger partial charge in [0.05, 0.1) is 28.4 Å². The second-order valence-corrected chi connectivity index (χ2v) is 11.8. The number of benzene rings is 2. The van der Waals surface area contributed by atoms with Crippen molar-refractivity contribution in [2.24, 2.45) is 0 Å². The fourth-order valence-corrected chi connectivity index (χ4v) is 4.70. The van der Waals surface area contributed by atoms with Crippen LogP contribution in [0.5, 0.6) is 0 Å². The van der Waals surface area contributed by atoms with Crippen LogP contribution in [0.15, 0.2) is 48.5 Å². The van der Waals surface area contributed by atoms with Crippen molar-refractivity contribution in [3.05, 3.63) is 65.5 Å². The quantitative estimate of drug-likeness (QED) is 0.681. The van der Waals surface area contributed by atoms with Crippen LogP contribution < -0.4 is 10.0 Å². The average molecular weight is 411 g/mol. The first-order valence-corrected chi connectivity index (χ1v) is 12.0. The molecule has 7 heteroatoms. The van der Waals surface area contributed by atoms with Crippen LogP contribution in [0.1, 0.15) is 44.9 Å². The van der Waals surface area contributed by atoms with E-state index in [0.29, 0.717) is 11.9 Å². The van der Waals surface area contributed by atoms with Crippen molar-refractivity contribution in [3.63, 3.8) is 0 Å². The van der Waals surface area contributed by atoms with Crippen LogP contribution in [0.25, 0.3) is 0 Å². The largest absolute Gasteiger partial charge is 0.326 e. The minimum Gasteiger partial charge on any atom is -0.326 e. The first-order valence-electron chi connectivity index (χ1n) is 8.80. The smallest absolute Gasteiger partial charge is 0.229 e. The van der Waals surface area contributed by atoms with E-state index in [4.69, 9.17) is 4.52 Å². The Morgan fingerprint density at radius 3 is 2.00 bits per heavy atom. The Labute approximate surface area is 163 Å². The molecular weight excluding hydrogens is 384 g/mol. The third kappa shape index (κ3) is 5.82. The van der Waals surface area contributed by atoms with Gasteiger partial charge in [-0.2, -0.15) is 0 Å². The first-order chi connectivity index (χ1) is 12.5. The van der Waals surface area contributed by atoms with Gasteiger partial charge in [-0.3, -0.25) is 4.57 Å². The summed E-state index contributed by atoms with van der Waals surface area (Å²) in [7, 11) is -4.18. The van der Waals surface area contributed by atoms with E-state index in [2.05, 4.69) is 4.72 Å². The fourth-order valence-electron chi connectivity index (χ4n) is 2.53. The lowest BCUT2D eigenvalue weighted by Crippen LogP contribution is -2.36. The van der Waals surface area contributed by atoms with Gasteiger partial charge in [-0.15, -0.1) is 0 Å². The van der Waals surface area contributed by atoms with Crippen LogP contribution in [0.2, 0.25) is 0 Å². The predicted molar refractivity (Wildman–Crippen MR) is 111 cm³/mol. The van der Waals surface area contributed by atoms with Crippen molar-refractivity contribution in [1.29, 1.82) is 0 Å². The lowest BCUT2D eigenvalue weighted by molar-refractivity contribution is 0.345. The van der Waals surface area contributed by atoms with E-state index in [0.717, 1.165) is 11.1 Å². The van der Waals surface area contributed by atoms with Crippen LogP contribution in [0.3, 0.4) is 0 Å². The van der Waals surface area contributed by atoms with E-state index >= 15 is 0 Å². The molecule has 2 rings (SSSR count). The molecule has 0 spiro atoms. The highest BCUT2D eigenvalue weighted by atomic mass is 32.2. The van der Waals surface area contributed by atoms with Crippen LogP contribution in [0, 0.1) is 5.82 Å². The summed E-state index contributed by atoms with van der Waals surface area (Å²) < 4.78 is 46.6. The summed E-state index contributed by atoms with van der Waals surface area (Å²) in [6.07, 6.45) is 0. The summed E-state index contributed by atoms with van der Waals surface area (Å²) in [5, 5.41) is 0.628. The Bertz CT molecular complexity index is 832. The number of hydrogen-bond acceptors (Lipinski definition) is 3. The molecule has 0 heterocycles. The summed E-state index contributed by atoms with van der Waals surface area (Å²) >= 11 is 0. The molecule has 0 aromatic heterocycles. The summed E-state index contributed by atoms with van der Waals surface area (Å²) in [6.45, 7) is 9.43. The average Bonchev–Trinajstić information content (AvgIpc) is 2.59. The van der Waals surface area contributed by atoms with Gasteiger partial charge >= 0.3 is 0 Å². The van der Waals surface area contributed by atoms with Crippen molar-refractivity contribution in [2.45, 2.75) is 38.5 Å². The molecule has 0 aliphatic heterocycles. The monoisotopic (exact) mass is 411 g/mol. The van der Waals surface area contributed by atoms with Crippen LogP contribution >= 0.6 is 7.37 Å². The summed E-state index contributed by atoms with van der Waals surface area (Å²) in [5.74, 6) is -0.326. The zero-order valence-corrected chi connectivity index (χ0v) is 18.1. The molecule has 148 valence electrons. The van der Waals surface area contributed by atoms with Gasteiger partial charge in [0.15, 0.2) is 0 Å². The topological polar surface area (TPSA) is 55.4 Å². The van der Waals surface area contributed by atoms with Gasteiger partial charge < -0.3 is 4.52 Å². The molecule has 0 amide bonds. The Kier molecular flexibility index (Phi) is 7.14. The van der Waals surface area contributed by atoms with E-state index in [9.17, 15) is 13.2 Å². The van der Waals surface area contributed by atoms with Crippen molar-refractivity contribution in [2.75, 3.05) is 13.3 Å². The van der Waals surface area contributed by atoms with E-state index in [1.807, 2.05) is 32.9 Å². The maximum atomic E-state index is 13.3. The van der Waals surface area contributed by atoms with Crippen LogP contribution in [0.4, 0.5) is 4.39 Å². The minimum atomic E-state index is -2.86. The Balaban J connectivity index is 2.40. The molecule has 1 N–H and O–H groups in total. The van der Waals surface area contributed by atoms with E-state index in [1.165, 1.54) is 12.1 Å². The third-order valence-electron chi connectivity index (χ3n) is 4.06. The van der Waals surface area contributed by atoms with Gasteiger partial charge in [0.25, 0.3) is 0 Å². The highest BCUT2D eigenvalue weighted by molar-refractivity contribution is 7.84. The van der Waals surface area contributed by atoms with Gasteiger partial charge in [-0.25, -0.2) is 13.3 Å². The molecule has 0 aliphatic rings. The normalized spacial score (nSPS) is 16.5. The SMILES string of the molecule is CCOP(C)(=O)c1ccc([C@H](N[S@](=O)C(C)(C)C)c2ccc(F)cc2)cc1. The van der Waals surface area contributed by atoms with Gasteiger partial charge in [0, 0.05) is 12.0 Å². The molecule has 3 atom stereocenters. The first kappa shape index (κ1) is 22.0. The number of nitrogens with one attached hydrogen (secondary N) is 1. The molecule has 0 fully saturated rings. The summed E-state index contributed by atoms with van der Waals surface area (Å²) in [6, 6.07) is 12.9. The molecule has 2 aromatic carbocycles. The van der Waals surface area contributed by atoms with Crippen molar-refractivity contribution < 1.29 is 17.7 Å². The molecular formula is C20H27FNO3PS. The molecule has 0 radical (unpaired) electrons. The van der Waals surface area contributed by atoms with Gasteiger partial charge in [-0.1, -0.05) is 24.3 Å². The molecule has 0 bridgehead atoms. The van der Waals surface area contributed by atoms with Crippen molar-refractivity contribution in [1.82, 2.24) is 4.72 Å². The van der Waals surface area contributed by atoms with Crippen LogP contribution in [-0.4, -0.2) is 22.2 Å². The predicted octanol–water partition coefficient (Wildman–Crippen LogP) is 4.54. The molecule has 0 aliphatic carbocycles. The van der Waals surface area contributed by atoms with E-state index in [-0.39, 0.29) is 11.9 Å². The highest BCUT2D eigenvalue weighted by Gasteiger charge is 2.25. The number of halogens is 1. The molecule has 0 saturated heterocycles. The molecule has 2 aromatic rings. The summed E-state index contributed by atoms with van der Waals surface area (Å²) in [4.78, 5) is 0. The second kappa shape index (κ2) is 8.78. The number of hydrogen-bond donors (Lipinski definition) is 1. The fraction of sp³-hybridized carbons (Fsp3) is 0.400. The van der Waals surface area contributed by atoms with Crippen LogP contribution in [-0.2, 0) is 20.1 Å². The van der Waals surface area contributed by atoms with Gasteiger partial charge in [0.1, 0.15) is 5.82 Å². The zero-order chi connectivity index (χ0) is 20.2. The molecule has 0 saturated carbocycles. The lowest BCUT2D eigenvalue weighted by Gasteiger charge is -2.25. The third-order valence-corrected chi connectivity index (χ3v) is 7.60. The van der Waals surface area contributed by atoms with Gasteiger partial charge in [0.2, 0.25) is 7.37 Å². The Morgan fingerprint density at radius 2 is 1.56 bits per heavy atom. The summed E-state index contributed by atoms with van der Waals surface area (Å²) in [5.41, 5.74) is 1.64. The number of rotatable bonds is 7. The molecule has 27 heavy (non-hydrogen) atoms. The highest BCUT2D eigenvalue weighted by Crippen LogP contribution is 2.41. The van der Waals surface area contributed by atoms with E-state index in [1.54, 1.807) is 37.9 Å². The van der Waals surface area contributed by atoms with Gasteiger partial charge in [-0.05, 0) is 63.1 Å². The maximum absolute atomic E-state index is 13.3. The standard InChI is InChI=1S/C20H27FNO3PS/c1-6-25-26(5,23)18-13-9-16(10-14-18)19(22-27(24)20(2,3)4)15-7-11-17(21)12-8-15/h7-14,19,22H,6H2,1-5H3/t19-,26?,27-/m1/s1. The minimum absolute atomic E-state index is 0.326. The van der Waals surface area contributed by atoms with Crippen molar-refractivity contribution in [3.8, 4) is 0 Å². The lowest BCUT2D eigenvalue weighted by atomic mass is 10.00. The Morgan fingerprint density at radius 1 is 1.07 bits per heavy atom. The Hall–Kier alpha value is -1.33. The molecule has 4 nitrogen and oxygen atoms in total. The maximum Gasteiger partial charge on any atom is 0.229 e. The zero-order valence-electron chi connectivity index (χ0n) is 16.4. The van der Waals surface area contributed by atoms with E-state index < -0.39 is 23.1 Å². The van der Waals surface area contributed by atoms with Crippen molar-refractivity contribution >= 4 is 23.7 Å².